The first kappa shape index (κ1) is 10.4. The van der Waals surface area contributed by atoms with E-state index in [9.17, 15) is 4.79 Å². The fourth-order valence-electron chi connectivity index (χ4n) is 1.51. The zero-order valence-electron chi connectivity index (χ0n) is 7.89. The van der Waals surface area contributed by atoms with Crippen molar-refractivity contribution in [2.24, 2.45) is 0 Å². The summed E-state index contributed by atoms with van der Waals surface area (Å²) < 4.78 is 5.81. The molecule has 0 spiro atoms. The number of nitrogens with zero attached hydrogens (tertiary/aromatic N) is 1. The van der Waals surface area contributed by atoms with Gasteiger partial charge in [0, 0.05) is 10.2 Å². The second-order valence-electron chi connectivity index (χ2n) is 3.26. The molecule has 15 heavy (non-hydrogen) atoms. The second kappa shape index (κ2) is 4.20. The van der Waals surface area contributed by atoms with Gasteiger partial charge in [-0.15, -0.1) is 0 Å². The maximum atomic E-state index is 11.4. The van der Waals surface area contributed by atoms with Crippen LogP contribution in [0.15, 0.2) is 28.7 Å². The zero-order valence-corrected chi connectivity index (χ0v) is 9.48. The topological polar surface area (TPSA) is 49.8 Å². The first-order chi connectivity index (χ1) is 7.22. The second-order valence-corrected chi connectivity index (χ2v) is 4.18. The molecule has 5 heteroatoms. The number of hydrogen-bond acceptors (Lipinski definition) is 3. The summed E-state index contributed by atoms with van der Waals surface area (Å²) in [5.74, 6) is 0. The largest absolute Gasteiger partial charge is 0.447 e. The third-order valence-corrected chi connectivity index (χ3v) is 2.81. The van der Waals surface area contributed by atoms with E-state index in [-0.39, 0.29) is 19.3 Å². The molecule has 1 amide bonds. The Labute approximate surface area is 95.6 Å². The highest BCUT2D eigenvalue weighted by molar-refractivity contribution is 9.10. The van der Waals surface area contributed by atoms with E-state index in [2.05, 4.69) is 15.9 Å². The number of aliphatic hydroxyl groups excluding tert-OH is 1. The lowest BCUT2D eigenvalue weighted by molar-refractivity contribution is 0.174. The Hall–Kier alpha value is -1.07. The molecule has 1 aliphatic heterocycles. The molecule has 1 saturated heterocycles. The first-order valence-electron chi connectivity index (χ1n) is 4.55. The molecule has 0 saturated carbocycles. The minimum atomic E-state index is -0.406. The normalized spacial score (nSPS) is 20.5. The molecule has 1 fully saturated rings. The molecule has 0 radical (unpaired) electrons. The van der Waals surface area contributed by atoms with Gasteiger partial charge in [0.1, 0.15) is 6.61 Å². The van der Waals surface area contributed by atoms with Crippen molar-refractivity contribution in [2.75, 3.05) is 18.1 Å². The number of aliphatic hydroxyl groups is 1. The molecule has 1 N–H and O–H groups in total. The fourth-order valence-corrected chi connectivity index (χ4v) is 1.78. The van der Waals surface area contributed by atoms with Crippen LogP contribution < -0.4 is 4.90 Å². The molecule has 2 rings (SSSR count). The van der Waals surface area contributed by atoms with Crippen LogP contribution in [0, 0.1) is 0 Å². The van der Waals surface area contributed by atoms with Gasteiger partial charge in [-0.1, -0.05) is 15.9 Å². The Morgan fingerprint density at radius 2 is 2.13 bits per heavy atom. The van der Waals surface area contributed by atoms with Gasteiger partial charge in [0.2, 0.25) is 0 Å². The minimum absolute atomic E-state index is 0.0954. The molecule has 1 unspecified atom stereocenters. The van der Waals surface area contributed by atoms with E-state index in [1.165, 1.54) is 4.90 Å². The van der Waals surface area contributed by atoms with Gasteiger partial charge in [-0.3, -0.25) is 4.90 Å². The van der Waals surface area contributed by atoms with Crippen molar-refractivity contribution in [3.8, 4) is 0 Å². The quantitative estimate of drug-likeness (QED) is 0.892. The third kappa shape index (κ3) is 1.98. The van der Waals surface area contributed by atoms with E-state index in [0.29, 0.717) is 0 Å². The van der Waals surface area contributed by atoms with Crippen LogP contribution in [0.25, 0.3) is 0 Å². The lowest BCUT2D eigenvalue weighted by Crippen LogP contribution is -2.35. The first-order valence-corrected chi connectivity index (χ1v) is 5.34. The molecule has 1 heterocycles. The maximum absolute atomic E-state index is 11.4. The fraction of sp³-hybridized carbons (Fsp3) is 0.300. The van der Waals surface area contributed by atoms with Crippen LogP contribution in [0.4, 0.5) is 10.5 Å². The smallest absolute Gasteiger partial charge is 0.414 e. The van der Waals surface area contributed by atoms with Gasteiger partial charge in [0.05, 0.1) is 12.6 Å². The van der Waals surface area contributed by atoms with Crippen LogP contribution in [0.1, 0.15) is 0 Å². The number of rotatable bonds is 2. The van der Waals surface area contributed by atoms with E-state index in [1.807, 2.05) is 12.1 Å². The van der Waals surface area contributed by atoms with Crippen molar-refractivity contribution in [1.29, 1.82) is 0 Å². The predicted octanol–water partition coefficient (Wildman–Crippen LogP) is 1.77. The van der Waals surface area contributed by atoms with Crippen molar-refractivity contribution in [3.63, 3.8) is 0 Å². The molecule has 0 aliphatic carbocycles. The van der Waals surface area contributed by atoms with E-state index in [1.54, 1.807) is 12.1 Å². The molecule has 1 aromatic rings. The lowest BCUT2D eigenvalue weighted by Gasteiger charge is -2.19. The molecule has 1 atom stereocenters. The van der Waals surface area contributed by atoms with Crippen LogP contribution in [-0.4, -0.2) is 30.5 Å². The van der Waals surface area contributed by atoms with Crippen molar-refractivity contribution in [3.05, 3.63) is 28.7 Å². The number of ether oxygens (including phenoxy) is 1. The SMILES string of the molecule is O=C1OCC(CO)N1c1ccc(Br)cc1. The molecular formula is C10H10BrNO3. The summed E-state index contributed by atoms with van der Waals surface area (Å²) in [5.41, 5.74) is 0.736. The van der Waals surface area contributed by atoms with Gasteiger partial charge >= 0.3 is 6.09 Å². The van der Waals surface area contributed by atoms with Gasteiger partial charge in [-0.2, -0.15) is 0 Å². The number of amides is 1. The van der Waals surface area contributed by atoms with Crippen molar-refractivity contribution < 1.29 is 14.6 Å². The number of carbonyl (C=O) groups is 1. The highest BCUT2D eigenvalue weighted by atomic mass is 79.9. The molecule has 0 bridgehead atoms. The van der Waals surface area contributed by atoms with Gasteiger partial charge in [0.15, 0.2) is 0 Å². The van der Waals surface area contributed by atoms with Gasteiger partial charge < -0.3 is 9.84 Å². The number of carbonyl (C=O) groups excluding carboxylic acids is 1. The summed E-state index contributed by atoms with van der Waals surface area (Å²) in [6, 6.07) is 7.02. The zero-order chi connectivity index (χ0) is 10.8. The van der Waals surface area contributed by atoms with Crippen molar-refractivity contribution in [2.45, 2.75) is 6.04 Å². The van der Waals surface area contributed by atoms with Crippen molar-refractivity contribution >= 4 is 27.7 Å². The Kier molecular flexibility index (Phi) is 2.93. The molecule has 80 valence electrons. The van der Waals surface area contributed by atoms with Gasteiger partial charge in [-0.25, -0.2) is 4.79 Å². The average Bonchev–Trinajstić information content (AvgIpc) is 2.61. The number of anilines is 1. The van der Waals surface area contributed by atoms with Gasteiger partial charge in [0.25, 0.3) is 0 Å². The summed E-state index contributed by atoms with van der Waals surface area (Å²) >= 11 is 3.32. The van der Waals surface area contributed by atoms with Crippen LogP contribution in [-0.2, 0) is 4.74 Å². The minimum Gasteiger partial charge on any atom is -0.447 e. The van der Waals surface area contributed by atoms with E-state index < -0.39 is 6.09 Å². The van der Waals surface area contributed by atoms with Crippen LogP contribution >= 0.6 is 15.9 Å². The number of benzene rings is 1. The monoisotopic (exact) mass is 271 g/mol. The standard InChI is InChI=1S/C10H10BrNO3/c11-7-1-3-8(4-2-7)12-9(5-13)6-15-10(12)14/h1-4,9,13H,5-6H2. The van der Waals surface area contributed by atoms with Crippen molar-refractivity contribution in [1.82, 2.24) is 0 Å². The van der Waals surface area contributed by atoms with Crippen LogP contribution in [0.3, 0.4) is 0 Å². The summed E-state index contributed by atoms with van der Waals surface area (Å²) in [7, 11) is 0. The van der Waals surface area contributed by atoms with E-state index >= 15 is 0 Å². The number of hydrogen-bond donors (Lipinski definition) is 1. The summed E-state index contributed by atoms with van der Waals surface area (Å²) in [5, 5.41) is 9.09. The molecular weight excluding hydrogens is 262 g/mol. The third-order valence-electron chi connectivity index (χ3n) is 2.28. The maximum Gasteiger partial charge on any atom is 0.414 e. The molecule has 1 aromatic carbocycles. The molecule has 4 nitrogen and oxygen atoms in total. The Bertz CT molecular complexity index is 365. The van der Waals surface area contributed by atoms with Gasteiger partial charge in [-0.05, 0) is 24.3 Å². The molecule has 1 aliphatic rings. The van der Waals surface area contributed by atoms with Crippen LogP contribution in [0.2, 0.25) is 0 Å². The lowest BCUT2D eigenvalue weighted by atomic mass is 10.2. The Morgan fingerprint density at radius 1 is 1.47 bits per heavy atom. The summed E-state index contributed by atoms with van der Waals surface area (Å²) in [6.07, 6.45) is -0.406. The average molecular weight is 272 g/mol. The summed E-state index contributed by atoms with van der Waals surface area (Å²) in [4.78, 5) is 12.9. The predicted molar refractivity (Wildman–Crippen MR) is 58.8 cm³/mol. The van der Waals surface area contributed by atoms with Crippen LogP contribution in [0.5, 0.6) is 0 Å². The van der Waals surface area contributed by atoms with E-state index in [4.69, 9.17) is 9.84 Å². The number of halogens is 1. The highest BCUT2D eigenvalue weighted by Gasteiger charge is 2.33. The Balaban J connectivity index is 2.28. The Morgan fingerprint density at radius 3 is 2.73 bits per heavy atom. The highest BCUT2D eigenvalue weighted by Crippen LogP contribution is 2.24. The number of cyclic esters (lactones) is 1. The summed E-state index contributed by atoms with van der Waals surface area (Å²) in [6.45, 7) is 0.146. The molecule has 0 aromatic heterocycles. The van der Waals surface area contributed by atoms with E-state index in [0.717, 1.165) is 10.2 Å².